The Kier molecular flexibility index (Phi) is 4.59. The number of nitrogens with zero attached hydrogens (tertiary/aromatic N) is 3. The lowest BCUT2D eigenvalue weighted by atomic mass is 10.1. The Balaban J connectivity index is 2.27. The first-order valence-electron chi connectivity index (χ1n) is 6.10. The number of halogens is 1. The van der Waals surface area contributed by atoms with Crippen LogP contribution in [-0.2, 0) is 4.84 Å². The molecule has 0 unspecified atom stereocenters. The number of aromatic hydroxyl groups is 1. The summed E-state index contributed by atoms with van der Waals surface area (Å²) in [6.07, 6.45) is 0. The summed E-state index contributed by atoms with van der Waals surface area (Å²) in [4.78, 5) is 4.74. The summed E-state index contributed by atoms with van der Waals surface area (Å²) in [5, 5.41) is 21.0. The lowest BCUT2D eigenvalue weighted by molar-refractivity contribution is 0.213. The number of rotatable bonds is 4. The average Bonchev–Trinajstić information content (AvgIpc) is 2.44. The minimum Gasteiger partial charge on any atom is -0.503 e. The predicted octanol–water partition coefficient (Wildman–Crippen LogP) is 3.31. The van der Waals surface area contributed by atoms with Gasteiger partial charge in [-0.2, -0.15) is 0 Å². The van der Waals surface area contributed by atoms with Crippen LogP contribution in [0.3, 0.4) is 0 Å². The number of hydrogen-bond acceptors (Lipinski definition) is 6. The number of benzene rings is 1. The van der Waals surface area contributed by atoms with Crippen LogP contribution in [0, 0.1) is 6.92 Å². The molecule has 1 aromatic carbocycles. The number of ether oxygens (including phenoxy) is 1. The Bertz CT molecular complexity index is 689. The van der Waals surface area contributed by atoms with E-state index in [0.29, 0.717) is 5.75 Å². The van der Waals surface area contributed by atoms with E-state index in [1.807, 2.05) is 26.0 Å². The minimum atomic E-state index is -0.171. The van der Waals surface area contributed by atoms with Crippen LogP contribution in [0.15, 0.2) is 29.4 Å². The summed E-state index contributed by atoms with van der Waals surface area (Å²) < 4.78 is 5.54. The molecule has 0 aliphatic rings. The van der Waals surface area contributed by atoms with Crippen LogP contribution in [0.25, 0.3) is 0 Å². The molecular weight excluding hydrogens is 294 g/mol. The standard InChI is InChI=1S/C14H14ClN3O3/c1-8-6-10(9(2)18-20-3)4-5-12(8)21-14-11(19)7-13(15)16-17-14/h4-7H,1-3H3,(H,16,19). The lowest BCUT2D eigenvalue weighted by Crippen LogP contribution is -1.98. The largest absolute Gasteiger partial charge is 0.503 e. The van der Waals surface area contributed by atoms with Crippen LogP contribution in [0.4, 0.5) is 0 Å². The van der Waals surface area contributed by atoms with Crippen molar-refractivity contribution >= 4 is 17.3 Å². The molecule has 6 nitrogen and oxygen atoms in total. The van der Waals surface area contributed by atoms with Gasteiger partial charge in [-0.05, 0) is 43.2 Å². The van der Waals surface area contributed by atoms with Gasteiger partial charge in [0.05, 0.1) is 5.71 Å². The minimum absolute atomic E-state index is 0.00229. The molecule has 1 N–H and O–H groups in total. The molecule has 0 radical (unpaired) electrons. The van der Waals surface area contributed by atoms with E-state index in [1.54, 1.807) is 6.07 Å². The Hall–Kier alpha value is -2.34. The smallest absolute Gasteiger partial charge is 0.281 e. The Morgan fingerprint density at radius 3 is 2.67 bits per heavy atom. The molecule has 2 rings (SSSR count). The SMILES string of the molecule is CON=C(C)c1ccc(Oc2nnc(Cl)cc2O)c(C)c1. The molecule has 21 heavy (non-hydrogen) atoms. The first-order valence-corrected chi connectivity index (χ1v) is 6.48. The third-order valence-corrected chi connectivity index (χ3v) is 2.92. The zero-order valence-corrected chi connectivity index (χ0v) is 12.5. The molecule has 1 aromatic heterocycles. The van der Waals surface area contributed by atoms with Crippen LogP contribution < -0.4 is 4.74 Å². The number of aromatic nitrogens is 2. The van der Waals surface area contributed by atoms with Crippen molar-refractivity contribution in [2.24, 2.45) is 5.16 Å². The van der Waals surface area contributed by atoms with Crippen LogP contribution in [0.2, 0.25) is 5.15 Å². The summed E-state index contributed by atoms with van der Waals surface area (Å²) in [6.45, 7) is 3.72. The highest BCUT2D eigenvalue weighted by atomic mass is 35.5. The van der Waals surface area contributed by atoms with Crippen molar-refractivity contribution in [2.45, 2.75) is 13.8 Å². The van der Waals surface area contributed by atoms with Gasteiger partial charge in [-0.25, -0.2) is 0 Å². The fourth-order valence-electron chi connectivity index (χ4n) is 1.70. The summed E-state index contributed by atoms with van der Waals surface area (Å²) in [5.41, 5.74) is 2.52. The van der Waals surface area contributed by atoms with E-state index in [1.165, 1.54) is 13.2 Å². The highest BCUT2D eigenvalue weighted by molar-refractivity contribution is 6.29. The van der Waals surface area contributed by atoms with E-state index in [-0.39, 0.29) is 16.8 Å². The first-order chi connectivity index (χ1) is 10.0. The van der Waals surface area contributed by atoms with Crippen molar-refractivity contribution in [1.82, 2.24) is 10.2 Å². The van der Waals surface area contributed by atoms with E-state index >= 15 is 0 Å². The van der Waals surface area contributed by atoms with Crippen LogP contribution in [-0.4, -0.2) is 28.1 Å². The second-order valence-corrected chi connectivity index (χ2v) is 4.69. The van der Waals surface area contributed by atoms with Gasteiger partial charge in [0.15, 0.2) is 10.9 Å². The van der Waals surface area contributed by atoms with E-state index in [0.717, 1.165) is 16.8 Å². The Morgan fingerprint density at radius 1 is 1.29 bits per heavy atom. The van der Waals surface area contributed by atoms with Crippen LogP contribution in [0.5, 0.6) is 17.4 Å². The van der Waals surface area contributed by atoms with Crippen molar-refractivity contribution in [1.29, 1.82) is 0 Å². The van der Waals surface area contributed by atoms with Gasteiger partial charge in [0.2, 0.25) is 0 Å². The summed E-state index contributed by atoms with van der Waals surface area (Å²) in [6, 6.07) is 6.76. The molecule has 0 bridgehead atoms. The molecule has 0 saturated carbocycles. The molecule has 2 aromatic rings. The zero-order valence-electron chi connectivity index (χ0n) is 11.8. The molecule has 0 aliphatic carbocycles. The molecular formula is C14H14ClN3O3. The van der Waals surface area contributed by atoms with Gasteiger partial charge >= 0.3 is 0 Å². The first kappa shape index (κ1) is 15.1. The monoisotopic (exact) mass is 307 g/mol. The average molecular weight is 308 g/mol. The maximum atomic E-state index is 9.71. The summed E-state index contributed by atoms with van der Waals surface area (Å²) >= 11 is 5.62. The van der Waals surface area contributed by atoms with Gasteiger partial charge < -0.3 is 14.7 Å². The van der Waals surface area contributed by atoms with Gasteiger partial charge in [-0.3, -0.25) is 0 Å². The normalized spacial score (nSPS) is 11.3. The van der Waals surface area contributed by atoms with Crippen molar-refractivity contribution in [3.8, 4) is 17.4 Å². The van der Waals surface area contributed by atoms with Crippen molar-refractivity contribution < 1.29 is 14.7 Å². The molecule has 0 saturated heterocycles. The maximum Gasteiger partial charge on any atom is 0.281 e. The lowest BCUT2D eigenvalue weighted by Gasteiger charge is -2.10. The second-order valence-electron chi connectivity index (χ2n) is 4.30. The predicted molar refractivity (Wildman–Crippen MR) is 79.2 cm³/mol. The summed E-state index contributed by atoms with van der Waals surface area (Å²) in [5.74, 6) is 0.379. The third-order valence-electron chi connectivity index (χ3n) is 2.74. The topological polar surface area (TPSA) is 76.8 Å². The van der Waals surface area contributed by atoms with Crippen molar-refractivity contribution in [3.05, 3.63) is 40.5 Å². The number of aryl methyl sites for hydroxylation is 1. The molecule has 0 amide bonds. The van der Waals surface area contributed by atoms with Gasteiger partial charge in [-0.15, -0.1) is 10.2 Å². The highest BCUT2D eigenvalue weighted by Gasteiger charge is 2.10. The van der Waals surface area contributed by atoms with Gasteiger partial charge in [-0.1, -0.05) is 16.8 Å². The molecule has 0 aliphatic heterocycles. The fourth-order valence-corrected chi connectivity index (χ4v) is 1.84. The van der Waals surface area contributed by atoms with Gasteiger partial charge in [0.25, 0.3) is 5.88 Å². The quantitative estimate of drug-likeness (QED) is 0.692. The molecule has 0 fully saturated rings. The molecule has 7 heteroatoms. The summed E-state index contributed by atoms with van der Waals surface area (Å²) in [7, 11) is 1.50. The Morgan fingerprint density at radius 2 is 2.05 bits per heavy atom. The number of hydrogen-bond donors (Lipinski definition) is 1. The highest BCUT2D eigenvalue weighted by Crippen LogP contribution is 2.31. The van der Waals surface area contributed by atoms with E-state index in [9.17, 15) is 5.11 Å². The van der Waals surface area contributed by atoms with E-state index < -0.39 is 0 Å². The van der Waals surface area contributed by atoms with Crippen LogP contribution in [0.1, 0.15) is 18.1 Å². The second kappa shape index (κ2) is 6.41. The number of oxime groups is 1. The molecule has 110 valence electrons. The van der Waals surface area contributed by atoms with E-state index in [2.05, 4.69) is 15.4 Å². The Labute approximate surface area is 127 Å². The third kappa shape index (κ3) is 3.61. The molecule has 0 spiro atoms. The van der Waals surface area contributed by atoms with Crippen LogP contribution >= 0.6 is 11.6 Å². The molecule has 0 atom stereocenters. The van der Waals surface area contributed by atoms with Crippen molar-refractivity contribution in [2.75, 3.05) is 7.11 Å². The zero-order chi connectivity index (χ0) is 15.4. The van der Waals surface area contributed by atoms with Gasteiger partial charge in [0.1, 0.15) is 12.9 Å². The van der Waals surface area contributed by atoms with E-state index in [4.69, 9.17) is 21.2 Å². The fraction of sp³-hybridized carbons (Fsp3) is 0.214. The molecule has 1 heterocycles. The van der Waals surface area contributed by atoms with Gasteiger partial charge in [0, 0.05) is 6.07 Å². The van der Waals surface area contributed by atoms with Crippen molar-refractivity contribution in [3.63, 3.8) is 0 Å². The maximum absolute atomic E-state index is 9.71.